The summed E-state index contributed by atoms with van der Waals surface area (Å²) in [4.78, 5) is 20.5. The molecule has 1 aliphatic carbocycles. The average Bonchev–Trinajstić information content (AvgIpc) is 3.00. The van der Waals surface area contributed by atoms with Crippen LogP contribution in [0.1, 0.15) is 54.6 Å². The molecule has 2 heterocycles. The van der Waals surface area contributed by atoms with Crippen molar-refractivity contribution in [3.8, 4) is 0 Å². The molecular formula is C16H23N7O2. The Hall–Kier alpha value is -2.55. The molecule has 134 valence electrons. The van der Waals surface area contributed by atoms with Gasteiger partial charge in [-0.2, -0.15) is 0 Å². The zero-order valence-corrected chi connectivity index (χ0v) is 14.4. The van der Waals surface area contributed by atoms with Crippen LogP contribution in [-0.2, 0) is 13.2 Å². The molecule has 3 rings (SSSR count). The van der Waals surface area contributed by atoms with E-state index in [4.69, 9.17) is 0 Å². The summed E-state index contributed by atoms with van der Waals surface area (Å²) in [6, 6.07) is 0.102. The van der Waals surface area contributed by atoms with Crippen LogP contribution in [0.15, 0.2) is 12.4 Å². The van der Waals surface area contributed by atoms with Gasteiger partial charge in [0.2, 0.25) is 5.95 Å². The quantitative estimate of drug-likeness (QED) is 0.675. The summed E-state index contributed by atoms with van der Waals surface area (Å²) in [5, 5.41) is 23.5. The second-order valence-corrected chi connectivity index (χ2v) is 6.04. The lowest BCUT2D eigenvalue weighted by Crippen LogP contribution is -2.44. The highest BCUT2D eigenvalue weighted by molar-refractivity contribution is 5.93. The molecule has 1 aliphatic rings. The standard InChI is InChI=1S/C16H23N7O2/c1-3-17-16-18-7-11(8-19-16)15(25)20-12-5-10(6-12)14-22-21-13(9-24)23(14)4-2/h7-8,10,12,24H,3-6,9H2,1-2H3,(H,20,25)(H,17,18,19). The van der Waals surface area contributed by atoms with E-state index in [1.165, 1.54) is 12.4 Å². The van der Waals surface area contributed by atoms with Crippen molar-refractivity contribution in [2.45, 2.75) is 51.8 Å². The number of nitrogens with zero attached hydrogens (tertiary/aromatic N) is 5. The van der Waals surface area contributed by atoms with Crippen LogP contribution in [0.3, 0.4) is 0 Å². The Kier molecular flexibility index (Phi) is 5.22. The van der Waals surface area contributed by atoms with E-state index in [1.807, 2.05) is 18.4 Å². The maximum Gasteiger partial charge on any atom is 0.254 e. The number of aromatic nitrogens is 5. The number of hydrogen-bond donors (Lipinski definition) is 3. The summed E-state index contributed by atoms with van der Waals surface area (Å²) in [6.07, 6.45) is 4.67. The van der Waals surface area contributed by atoms with Crippen molar-refractivity contribution in [2.75, 3.05) is 11.9 Å². The van der Waals surface area contributed by atoms with Crippen molar-refractivity contribution in [3.63, 3.8) is 0 Å². The van der Waals surface area contributed by atoms with Crippen LogP contribution in [0.2, 0.25) is 0 Å². The fraction of sp³-hybridized carbons (Fsp3) is 0.562. The Labute approximate surface area is 145 Å². The molecule has 2 aromatic heterocycles. The van der Waals surface area contributed by atoms with Gasteiger partial charge in [0.05, 0.1) is 5.56 Å². The molecule has 25 heavy (non-hydrogen) atoms. The predicted molar refractivity (Wildman–Crippen MR) is 91.0 cm³/mol. The lowest BCUT2D eigenvalue weighted by molar-refractivity contribution is 0.0906. The fourth-order valence-electron chi connectivity index (χ4n) is 3.02. The summed E-state index contributed by atoms with van der Waals surface area (Å²) >= 11 is 0. The number of nitrogens with one attached hydrogen (secondary N) is 2. The highest BCUT2D eigenvalue weighted by Gasteiger charge is 2.35. The van der Waals surface area contributed by atoms with Gasteiger partial charge in [-0.25, -0.2) is 9.97 Å². The molecule has 1 fully saturated rings. The Balaban J connectivity index is 1.55. The van der Waals surface area contributed by atoms with Gasteiger partial charge in [-0.3, -0.25) is 4.79 Å². The first-order chi connectivity index (χ1) is 12.2. The normalized spacial score (nSPS) is 19.3. The van der Waals surface area contributed by atoms with E-state index in [-0.39, 0.29) is 24.5 Å². The third kappa shape index (κ3) is 3.60. The first-order valence-electron chi connectivity index (χ1n) is 8.55. The van der Waals surface area contributed by atoms with Crippen LogP contribution in [0, 0.1) is 0 Å². The third-order valence-electron chi connectivity index (χ3n) is 4.40. The summed E-state index contributed by atoms with van der Waals surface area (Å²) in [5.74, 6) is 2.07. The highest BCUT2D eigenvalue weighted by Crippen LogP contribution is 2.36. The molecule has 9 heteroatoms. The van der Waals surface area contributed by atoms with Gasteiger partial charge in [-0.05, 0) is 26.7 Å². The van der Waals surface area contributed by atoms with Gasteiger partial charge < -0.3 is 20.3 Å². The number of carbonyl (C=O) groups is 1. The largest absolute Gasteiger partial charge is 0.388 e. The van der Waals surface area contributed by atoms with E-state index < -0.39 is 0 Å². The minimum absolute atomic E-state index is 0.102. The average molecular weight is 345 g/mol. The summed E-state index contributed by atoms with van der Waals surface area (Å²) < 4.78 is 1.94. The number of aliphatic hydroxyl groups excluding tert-OH is 1. The van der Waals surface area contributed by atoms with Gasteiger partial charge in [0, 0.05) is 37.4 Å². The van der Waals surface area contributed by atoms with Gasteiger partial charge in [0.15, 0.2) is 5.82 Å². The molecule has 0 atom stereocenters. The third-order valence-corrected chi connectivity index (χ3v) is 4.40. The van der Waals surface area contributed by atoms with E-state index in [0.29, 0.717) is 17.3 Å². The van der Waals surface area contributed by atoms with Gasteiger partial charge in [-0.15, -0.1) is 10.2 Å². The van der Waals surface area contributed by atoms with Gasteiger partial charge in [0.1, 0.15) is 12.4 Å². The number of anilines is 1. The molecule has 0 aromatic carbocycles. The number of hydrogen-bond acceptors (Lipinski definition) is 7. The molecule has 0 unspecified atom stereocenters. The zero-order valence-electron chi connectivity index (χ0n) is 14.4. The summed E-state index contributed by atoms with van der Waals surface area (Å²) in [5.41, 5.74) is 0.449. The van der Waals surface area contributed by atoms with Gasteiger partial charge in [0.25, 0.3) is 5.91 Å². The number of rotatable bonds is 7. The van der Waals surface area contributed by atoms with Crippen molar-refractivity contribution in [3.05, 3.63) is 29.6 Å². The molecule has 3 N–H and O–H groups in total. The van der Waals surface area contributed by atoms with Crippen molar-refractivity contribution < 1.29 is 9.90 Å². The molecule has 0 radical (unpaired) electrons. The Morgan fingerprint density at radius 3 is 2.60 bits per heavy atom. The van der Waals surface area contributed by atoms with Crippen LogP contribution in [0.5, 0.6) is 0 Å². The number of aliphatic hydroxyl groups is 1. The smallest absolute Gasteiger partial charge is 0.254 e. The molecule has 1 saturated carbocycles. The zero-order chi connectivity index (χ0) is 17.8. The van der Waals surface area contributed by atoms with Crippen LogP contribution in [0.4, 0.5) is 5.95 Å². The number of carbonyl (C=O) groups excluding carboxylic acids is 1. The van der Waals surface area contributed by atoms with E-state index >= 15 is 0 Å². The highest BCUT2D eigenvalue weighted by atomic mass is 16.3. The Morgan fingerprint density at radius 2 is 2.00 bits per heavy atom. The van der Waals surface area contributed by atoms with Crippen molar-refractivity contribution in [1.82, 2.24) is 30.0 Å². The van der Waals surface area contributed by atoms with Crippen LogP contribution >= 0.6 is 0 Å². The molecular weight excluding hydrogens is 322 g/mol. The second kappa shape index (κ2) is 7.56. The van der Waals surface area contributed by atoms with Gasteiger partial charge in [-0.1, -0.05) is 0 Å². The predicted octanol–water partition coefficient (Wildman–Crippen LogP) is 0.688. The molecule has 9 nitrogen and oxygen atoms in total. The molecule has 0 bridgehead atoms. The lowest BCUT2D eigenvalue weighted by atomic mass is 9.79. The second-order valence-electron chi connectivity index (χ2n) is 6.04. The van der Waals surface area contributed by atoms with Crippen molar-refractivity contribution in [2.24, 2.45) is 0 Å². The van der Waals surface area contributed by atoms with Crippen LogP contribution < -0.4 is 10.6 Å². The lowest BCUT2D eigenvalue weighted by Gasteiger charge is -2.35. The minimum atomic E-state index is -0.167. The molecule has 0 spiro atoms. The first kappa shape index (κ1) is 17.3. The van der Waals surface area contributed by atoms with Crippen LogP contribution in [-0.4, -0.2) is 48.3 Å². The number of amides is 1. The molecule has 1 amide bonds. The van der Waals surface area contributed by atoms with Crippen LogP contribution in [0.25, 0.3) is 0 Å². The Morgan fingerprint density at radius 1 is 1.28 bits per heavy atom. The summed E-state index contributed by atoms with van der Waals surface area (Å²) in [7, 11) is 0. The minimum Gasteiger partial charge on any atom is -0.388 e. The fourth-order valence-corrected chi connectivity index (χ4v) is 3.02. The first-order valence-corrected chi connectivity index (χ1v) is 8.55. The van der Waals surface area contributed by atoms with E-state index in [2.05, 4.69) is 30.8 Å². The van der Waals surface area contributed by atoms with Crippen molar-refractivity contribution in [1.29, 1.82) is 0 Å². The topological polar surface area (TPSA) is 118 Å². The molecule has 0 aliphatic heterocycles. The maximum atomic E-state index is 12.3. The van der Waals surface area contributed by atoms with E-state index in [1.54, 1.807) is 0 Å². The van der Waals surface area contributed by atoms with Crippen molar-refractivity contribution >= 4 is 11.9 Å². The molecule has 0 saturated heterocycles. The van der Waals surface area contributed by atoms with E-state index in [9.17, 15) is 9.90 Å². The Bertz CT molecular complexity index is 723. The maximum absolute atomic E-state index is 12.3. The summed E-state index contributed by atoms with van der Waals surface area (Å²) in [6.45, 7) is 5.30. The molecule has 2 aromatic rings. The van der Waals surface area contributed by atoms with Gasteiger partial charge >= 0.3 is 0 Å². The monoisotopic (exact) mass is 345 g/mol. The van der Waals surface area contributed by atoms with E-state index in [0.717, 1.165) is 31.8 Å². The SMILES string of the molecule is CCNc1ncc(C(=O)NC2CC(c3nnc(CO)n3CC)C2)cn1.